The highest BCUT2D eigenvalue weighted by Gasteiger charge is 2.14. The molecule has 0 fully saturated rings. The smallest absolute Gasteiger partial charge is 0.388 e. The van der Waals surface area contributed by atoms with E-state index in [1.54, 1.807) is 25.1 Å². The van der Waals surface area contributed by atoms with Crippen LogP contribution in [0.2, 0.25) is 0 Å². The van der Waals surface area contributed by atoms with Crippen molar-refractivity contribution in [3.63, 3.8) is 0 Å². The molecule has 98 valence electrons. The van der Waals surface area contributed by atoms with Crippen molar-refractivity contribution in [3.8, 4) is 17.6 Å². The van der Waals surface area contributed by atoms with Crippen molar-refractivity contribution < 1.29 is 13.5 Å². The molecule has 0 amide bonds. The summed E-state index contributed by atoms with van der Waals surface area (Å²) in [5.41, 5.74) is 7.41. The van der Waals surface area contributed by atoms with Gasteiger partial charge >= 0.3 is 6.61 Å². The summed E-state index contributed by atoms with van der Waals surface area (Å²) in [5.74, 6) is -0.209. The van der Waals surface area contributed by atoms with Gasteiger partial charge in [0.1, 0.15) is 6.07 Å². The number of hydrogen-bond acceptors (Lipinski definition) is 4. The average molecular weight is 264 g/mol. The van der Waals surface area contributed by atoms with E-state index in [1.807, 2.05) is 6.07 Å². The lowest BCUT2D eigenvalue weighted by Crippen LogP contribution is -2.05. The Hall–Kier alpha value is -2.62. The van der Waals surface area contributed by atoms with E-state index in [0.717, 1.165) is 0 Å². The molecular weight excluding hydrogens is 254 g/mol. The van der Waals surface area contributed by atoms with Crippen LogP contribution in [0.5, 0.6) is 5.88 Å². The van der Waals surface area contributed by atoms with Crippen molar-refractivity contribution in [2.75, 3.05) is 5.73 Å². The summed E-state index contributed by atoms with van der Waals surface area (Å²) in [6.45, 7) is -1.28. The fourth-order valence-electron chi connectivity index (χ4n) is 1.66. The van der Waals surface area contributed by atoms with Gasteiger partial charge in [-0.05, 0) is 25.1 Å². The summed E-state index contributed by atoms with van der Waals surface area (Å²) in [6, 6.07) is 8.02. The summed E-state index contributed by atoms with van der Waals surface area (Å²) in [5, 5.41) is 12.9. The molecule has 7 heteroatoms. The first-order chi connectivity index (χ1) is 9.01. The highest BCUT2D eigenvalue weighted by molar-refractivity contribution is 5.57. The number of anilines is 1. The van der Waals surface area contributed by atoms with Gasteiger partial charge in [-0.1, -0.05) is 0 Å². The lowest BCUT2D eigenvalue weighted by molar-refractivity contribution is -0.0530. The molecule has 0 saturated heterocycles. The molecule has 0 aliphatic heterocycles. The Bertz CT molecular complexity index is 646. The minimum atomic E-state index is -2.95. The van der Waals surface area contributed by atoms with Crippen molar-refractivity contribution >= 4 is 5.69 Å². The van der Waals surface area contributed by atoms with E-state index in [2.05, 4.69) is 9.84 Å². The third kappa shape index (κ3) is 2.63. The van der Waals surface area contributed by atoms with Gasteiger partial charge in [0.15, 0.2) is 0 Å². The maximum absolute atomic E-state index is 12.1. The molecule has 0 radical (unpaired) electrons. The Balaban J connectivity index is 2.50. The van der Waals surface area contributed by atoms with Gasteiger partial charge in [0.2, 0.25) is 5.88 Å². The number of ether oxygens (including phenoxy) is 1. The summed E-state index contributed by atoms with van der Waals surface area (Å²) < 4.78 is 29.8. The summed E-state index contributed by atoms with van der Waals surface area (Å²) in [7, 11) is 0. The van der Waals surface area contributed by atoms with E-state index in [0.29, 0.717) is 22.6 Å². The number of aryl methyl sites for hydroxylation is 1. The van der Waals surface area contributed by atoms with Crippen LogP contribution < -0.4 is 10.5 Å². The van der Waals surface area contributed by atoms with Gasteiger partial charge in [-0.15, -0.1) is 5.10 Å². The lowest BCUT2D eigenvalue weighted by Gasteiger charge is -2.07. The van der Waals surface area contributed by atoms with Gasteiger partial charge in [0, 0.05) is 17.4 Å². The zero-order valence-electron chi connectivity index (χ0n) is 9.97. The van der Waals surface area contributed by atoms with E-state index in [-0.39, 0.29) is 5.88 Å². The molecule has 0 atom stereocenters. The summed E-state index contributed by atoms with van der Waals surface area (Å²) in [4.78, 5) is 0. The second-order valence-electron chi connectivity index (χ2n) is 3.80. The molecule has 5 nitrogen and oxygen atoms in total. The van der Waals surface area contributed by atoms with E-state index in [4.69, 9.17) is 11.0 Å². The largest absolute Gasteiger partial charge is 0.415 e. The fourth-order valence-corrected chi connectivity index (χ4v) is 1.66. The lowest BCUT2D eigenvalue weighted by atomic mass is 10.2. The maximum atomic E-state index is 12.1. The Morgan fingerprint density at radius 1 is 1.42 bits per heavy atom. The normalized spacial score (nSPS) is 10.5. The quantitative estimate of drug-likeness (QED) is 0.862. The number of nitrogens with two attached hydrogens (primary N) is 1. The number of rotatable bonds is 3. The van der Waals surface area contributed by atoms with Gasteiger partial charge in [0.25, 0.3) is 0 Å². The fraction of sp³-hybridized carbons (Fsp3) is 0.167. The van der Waals surface area contributed by atoms with Crippen LogP contribution in [0.15, 0.2) is 24.3 Å². The number of nitrogen functional groups attached to an aromatic ring is 1. The highest BCUT2D eigenvalue weighted by Crippen LogP contribution is 2.22. The second-order valence-corrected chi connectivity index (χ2v) is 3.80. The number of alkyl halides is 2. The molecule has 1 aromatic carbocycles. The van der Waals surface area contributed by atoms with Crippen LogP contribution in [-0.2, 0) is 0 Å². The number of benzene rings is 1. The first kappa shape index (κ1) is 12.8. The minimum absolute atomic E-state index is 0.209. The molecule has 0 spiro atoms. The Kier molecular flexibility index (Phi) is 3.33. The zero-order chi connectivity index (χ0) is 14.0. The first-order valence-corrected chi connectivity index (χ1v) is 5.32. The van der Waals surface area contributed by atoms with Crippen LogP contribution in [-0.4, -0.2) is 16.4 Å². The third-order valence-corrected chi connectivity index (χ3v) is 2.45. The molecule has 2 aromatic rings. The summed E-state index contributed by atoms with van der Waals surface area (Å²) in [6.07, 6.45) is 0. The predicted molar refractivity (Wildman–Crippen MR) is 64.1 cm³/mol. The topological polar surface area (TPSA) is 76.9 Å². The molecule has 0 aliphatic rings. The first-order valence-electron chi connectivity index (χ1n) is 5.32. The molecular formula is C12H10F2N4O. The van der Waals surface area contributed by atoms with E-state index in [9.17, 15) is 8.78 Å². The van der Waals surface area contributed by atoms with Crippen molar-refractivity contribution in [1.29, 1.82) is 5.26 Å². The number of halogens is 2. The Morgan fingerprint density at radius 3 is 2.79 bits per heavy atom. The molecule has 0 aliphatic carbocycles. The van der Waals surface area contributed by atoms with E-state index >= 15 is 0 Å². The van der Waals surface area contributed by atoms with Crippen LogP contribution in [0.25, 0.3) is 5.69 Å². The summed E-state index contributed by atoms with van der Waals surface area (Å²) >= 11 is 0. The molecule has 0 bridgehead atoms. The van der Waals surface area contributed by atoms with Crippen molar-refractivity contribution in [3.05, 3.63) is 35.5 Å². The zero-order valence-corrected chi connectivity index (χ0v) is 9.97. The van der Waals surface area contributed by atoms with Crippen LogP contribution in [0.1, 0.15) is 11.3 Å². The van der Waals surface area contributed by atoms with Crippen molar-refractivity contribution in [2.24, 2.45) is 0 Å². The van der Waals surface area contributed by atoms with Crippen LogP contribution in [0.3, 0.4) is 0 Å². The van der Waals surface area contributed by atoms with E-state index < -0.39 is 6.61 Å². The number of nitriles is 1. The van der Waals surface area contributed by atoms with Gasteiger partial charge in [-0.25, -0.2) is 4.68 Å². The number of aromatic nitrogens is 2. The molecule has 19 heavy (non-hydrogen) atoms. The van der Waals surface area contributed by atoms with E-state index in [1.165, 1.54) is 10.7 Å². The molecule has 0 unspecified atom stereocenters. The average Bonchev–Trinajstić information content (AvgIpc) is 2.69. The van der Waals surface area contributed by atoms with Crippen LogP contribution in [0, 0.1) is 18.3 Å². The van der Waals surface area contributed by atoms with Crippen LogP contribution >= 0.6 is 0 Å². The van der Waals surface area contributed by atoms with Gasteiger partial charge in [-0.2, -0.15) is 14.0 Å². The monoisotopic (exact) mass is 264 g/mol. The molecule has 2 N–H and O–H groups in total. The van der Waals surface area contributed by atoms with Crippen LogP contribution in [0.4, 0.5) is 14.5 Å². The predicted octanol–water partition coefficient (Wildman–Crippen LogP) is 2.24. The minimum Gasteiger partial charge on any atom is -0.415 e. The van der Waals surface area contributed by atoms with Crippen molar-refractivity contribution in [1.82, 2.24) is 9.78 Å². The Morgan fingerprint density at radius 2 is 2.16 bits per heavy atom. The molecule has 1 aromatic heterocycles. The van der Waals surface area contributed by atoms with Gasteiger partial charge in [0.05, 0.1) is 11.3 Å². The molecule has 2 rings (SSSR count). The van der Waals surface area contributed by atoms with Crippen molar-refractivity contribution in [2.45, 2.75) is 13.5 Å². The number of nitrogens with zero attached hydrogens (tertiary/aromatic N) is 3. The van der Waals surface area contributed by atoms with Gasteiger partial charge < -0.3 is 10.5 Å². The van der Waals surface area contributed by atoms with Gasteiger partial charge in [-0.3, -0.25) is 0 Å². The highest BCUT2D eigenvalue weighted by atomic mass is 19.3. The SMILES string of the molecule is Cc1cc(OC(F)F)nn1-c1cc(N)ccc1C#N. The standard InChI is InChI=1S/C12H10F2N4O/c1-7-4-11(19-12(13)14)17-18(7)10-5-9(16)3-2-8(10)6-15/h2-5,12H,16H2,1H3. The second kappa shape index (κ2) is 4.94. The number of hydrogen-bond donors (Lipinski definition) is 1. The maximum Gasteiger partial charge on any atom is 0.388 e. The Labute approximate surface area is 107 Å². The molecule has 0 saturated carbocycles. The third-order valence-electron chi connectivity index (χ3n) is 2.45. The molecule has 1 heterocycles.